The maximum absolute atomic E-state index is 12.6. The molecule has 10 heterocycles. The number of ether oxygens (including phenoxy) is 5. The SMILES string of the molecule is CCOC(=O)c1cc(-c2nnc(-c3cccc(C)c3)s2)n(-c2ccccc2C)n1.CCOC(=O)c1nn(-c2ccccc2Cl)c(-c2nnc(-c3cccc(C)c3)o2)c1Br.COC(=O)c1cc(-c2nnc(-c3cccc(C)c3)s2)n(-c2ccccc2C)n1.COC(=O)c1nn(-c2ccccc2Cl)c(-c2nnc(-c3cccc(C)c3)o2)c1Br.CSCOC(=O)c1nn(-c2ccccc2Cl)c(-c2nnc(-c3cccc(C)c3)o2)c1Br. The first-order chi connectivity index (χ1) is 71.1. The number of aryl methyl sites for hydroxylation is 7. The number of rotatable bonds is 24. The Labute approximate surface area is 893 Å². The number of carbonyl (C=O) groups is 5. The third kappa shape index (κ3) is 24.0. The van der Waals surface area contributed by atoms with Crippen molar-refractivity contribution < 1.29 is 60.9 Å². The van der Waals surface area contributed by atoms with Gasteiger partial charge in [0.15, 0.2) is 38.5 Å². The highest BCUT2D eigenvalue weighted by molar-refractivity contribution is 9.11. The average molecular weight is 2280 g/mol. The van der Waals surface area contributed by atoms with Crippen LogP contribution in [-0.2, 0) is 23.7 Å². The van der Waals surface area contributed by atoms with Gasteiger partial charge in [-0.05, 0) is 225 Å². The summed E-state index contributed by atoms with van der Waals surface area (Å²) in [6.45, 7) is 18.0. The van der Waals surface area contributed by atoms with Crippen LogP contribution in [0.4, 0.5) is 0 Å². The predicted molar refractivity (Wildman–Crippen MR) is 572 cm³/mol. The van der Waals surface area contributed by atoms with Crippen LogP contribution in [0.1, 0.15) is 105 Å². The van der Waals surface area contributed by atoms with Crippen LogP contribution in [0, 0.1) is 48.5 Å². The second-order valence-corrected chi connectivity index (χ2v) is 38.4. The van der Waals surface area contributed by atoms with Crippen molar-refractivity contribution in [2.45, 2.75) is 62.3 Å². The minimum absolute atomic E-state index is 0.0673. The highest BCUT2D eigenvalue weighted by Crippen LogP contribution is 2.43. The maximum atomic E-state index is 12.6. The number of halogens is 6. The Morgan fingerprint density at radius 2 is 0.612 bits per heavy atom. The number of carbonyl (C=O) groups excluding carboxylic acids is 5. The van der Waals surface area contributed by atoms with Crippen LogP contribution in [0.5, 0.6) is 0 Å². The zero-order chi connectivity index (χ0) is 104. The third-order valence-corrected chi connectivity index (χ3v) is 27.1. The van der Waals surface area contributed by atoms with E-state index in [9.17, 15) is 24.0 Å². The number of para-hydroxylation sites is 5. The molecule has 20 rings (SSSR count). The zero-order valence-corrected chi connectivity index (χ0v) is 89.6. The number of benzene rings is 10. The maximum Gasteiger partial charge on any atom is 0.360 e. The molecular formula is C105H84Br3Cl3N20O13S3. The molecule has 0 spiro atoms. The van der Waals surface area contributed by atoms with E-state index in [4.69, 9.17) is 71.7 Å². The number of aromatic nitrogens is 20. The van der Waals surface area contributed by atoms with Gasteiger partial charge in [0, 0.05) is 39.9 Å². The van der Waals surface area contributed by atoms with Crippen LogP contribution in [0.3, 0.4) is 0 Å². The molecule has 10 aromatic carbocycles. The molecule has 0 fully saturated rings. The topological polar surface area (TPSA) is 389 Å². The lowest BCUT2D eigenvalue weighted by atomic mass is 10.1. The van der Waals surface area contributed by atoms with Gasteiger partial charge in [0.05, 0.1) is 84.4 Å². The van der Waals surface area contributed by atoms with E-state index >= 15 is 0 Å². The first kappa shape index (κ1) is 105. The van der Waals surface area contributed by atoms with Crippen molar-refractivity contribution in [3.05, 3.63) is 351 Å². The highest BCUT2D eigenvalue weighted by Gasteiger charge is 2.34. The fraction of sp³-hybridized carbons (Fsp3) is 0.143. The van der Waals surface area contributed by atoms with Gasteiger partial charge in [-0.3, -0.25) is 0 Å². The molecule has 0 aliphatic heterocycles. The van der Waals surface area contributed by atoms with Gasteiger partial charge < -0.3 is 36.9 Å². The Kier molecular flexibility index (Phi) is 34.0. The Bertz CT molecular complexity index is 8250. The molecule has 0 bridgehead atoms. The summed E-state index contributed by atoms with van der Waals surface area (Å²) in [6.07, 6.45) is 1.83. The molecule has 0 amide bonds. The summed E-state index contributed by atoms with van der Waals surface area (Å²) in [5, 5.41) is 69.0. The molecule has 742 valence electrons. The summed E-state index contributed by atoms with van der Waals surface area (Å²) in [6, 6.07) is 79.9. The number of nitrogens with zero attached hydrogens (tertiary/aromatic N) is 20. The summed E-state index contributed by atoms with van der Waals surface area (Å²) < 4.78 is 52.0. The van der Waals surface area contributed by atoms with Crippen molar-refractivity contribution in [1.29, 1.82) is 0 Å². The van der Waals surface area contributed by atoms with E-state index in [1.165, 1.54) is 62.7 Å². The Morgan fingerprint density at radius 1 is 0.320 bits per heavy atom. The average Bonchev–Trinajstić information content (AvgIpc) is 1.63. The molecule has 0 radical (unpaired) electrons. The molecule has 0 N–H and O–H groups in total. The van der Waals surface area contributed by atoms with Crippen molar-refractivity contribution >= 4 is 147 Å². The summed E-state index contributed by atoms with van der Waals surface area (Å²) in [5.74, 6) is -0.906. The molecule has 0 atom stereocenters. The first-order valence-electron chi connectivity index (χ1n) is 44.7. The second-order valence-electron chi connectivity index (χ2n) is 32.0. The van der Waals surface area contributed by atoms with E-state index in [0.717, 1.165) is 88.2 Å². The molecule has 147 heavy (non-hydrogen) atoms. The van der Waals surface area contributed by atoms with Crippen molar-refractivity contribution in [1.82, 2.24) is 99.9 Å². The van der Waals surface area contributed by atoms with Gasteiger partial charge in [0.1, 0.15) is 44.4 Å². The Morgan fingerprint density at radius 3 is 0.939 bits per heavy atom. The van der Waals surface area contributed by atoms with Crippen molar-refractivity contribution in [3.8, 4) is 140 Å². The number of hydrogen-bond donors (Lipinski definition) is 0. The molecule has 0 aliphatic carbocycles. The van der Waals surface area contributed by atoms with Gasteiger partial charge in [0.25, 0.3) is 17.7 Å². The fourth-order valence-corrected chi connectivity index (χ4v) is 18.9. The van der Waals surface area contributed by atoms with Crippen molar-refractivity contribution in [2.75, 3.05) is 39.6 Å². The number of hydrogen-bond acceptors (Lipinski definition) is 31. The smallest absolute Gasteiger partial charge is 0.360 e. The van der Waals surface area contributed by atoms with E-state index in [-0.39, 0.29) is 58.7 Å². The second kappa shape index (κ2) is 47.8. The largest absolute Gasteiger partial charge is 0.464 e. The lowest BCUT2D eigenvalue weighted by Crippen LogP contribution is -2.07. The molecule has 0 saturated carbocycles. The summed E-state index contributed by atoms with van der Waals surface area (Å²) in [4.78, 5) is 61.5. The summed E-state index contributed by atoms with van der Waals surface area (Å²) in [5.41, 5.74) is 18.7. The quantitative estimate of drug-likeness (QED) is 0.0308. The van der Waals surface area contributed by atoms with Crippen molar-refractivity contribution in [3.63, 3.8) is 0 Å². The van der Waals surface area contributed by atoms with E-state index in [0.29, 0.717) is 108 Å². The minimum atomic E-state index is -0.609. The van der Waals surface area contributed by atoms with E-state index < -0.39 is 29.8 Å². The molecule has 20 aromatic rings. The summed E-state index contributed by atoms with van der Waals surface area (Å²) in [7, 11) is 2.63. The zero-order valence-electron chi connectivity index (χ0n) is 80.1. The molecule has 42 heteroatoms. The molecule has 0 unspecified atom stereocenters. The lowest BCUT2D eigenvalue weighted by molar-refractivity contribution is 0.0509. The van der Waals surface area contributed by atoms with E-state index in [1.54, 1.807) is 89.9 Å². The number of thioether (sulfide) groups is 1. The monoisotopic (exact) mass is 2270 g/mol. The molecule has 0 saturated heterocycles. The standard InChI is InChI=1S/C22H20N4O2S.C21H16BrClN4O3S.C21H16BrClN4O3.C21H18N4O2S.C20H14BrClN4O3/c1-4-28-22(27)17-13-19(26(25-17)18-11-6-5-9-15(18)3)21-24-23-20(29-21)16-10-7-8-14(2)12-16;1-12-6-5-7-13(10-12)19-24-25-20(30-19)18-16(22)17(21(28)29-11-31-2)26-27(18)15-9-4-3-8-14(15)23;1-3-29-21(28)17-16(22)18(27(26-17)15-10-5-4-9-14(15)23)20-25-24-19(30-20)13-8-6-7-12(2)11-13;1-13-7-6-9-15(11-13)19-22-23-20(28-19)18-12-16(21(26)27-3)24-25(18)17-10-5-4-8-14(17)2;1-11-6-5-7-12(10-11)18-23-24-19(29-18)17-15(21)16(20(27)28-2)25-26(17)14-9-4-3-8-13(14)22/h5-13H,4H2,1-3H3;3-10H,11H2,1-2H3;4-11H,3H2,1-2H3;4-12H,1-3H3;3-10H,1-2H3. The van der Waals surface area contributed by atoms with Gasteiger partial charge in [0.2, 0.25) is 17.7 Å². The lowest BCUT2D eigenvalue weighted by Gasteiger charge is -2.08. The van der Waals surface area contributed by atoms with E-state index in [2.05, 4.69) is 136 Å². The first-order valence-corrected chi connectivity index (χ1v) is 51.3. The van der Waals surface area contributed by atoms with Gasteiger partial charge in [-0.1, -0.05) is 231 Å². The van der Waals surface area contributed by atoms with Gasteiger partial charge in [-0.15, -0.1) is 62.7 Å². The minimum Gasteiger partial charge on any atom is -0.464 e. The predicted octanol–water partition coefficient (Wildman–Crippen LogP) is 25.7. The number of methoxy groups -OCH3 is 2. The Hall–Kier alpha value is -15.2. The summed E-state index contributed by atoms with van der Waals surface area (Å²) >= 11 is 33.8. The molecule has 0 aliphatic rings. The van der Waals surface area contributed by atoms with Crippen molar-refractivity contribution in [2.24, 2.45) is 0 Å². The van der Waals surface area contributed by atoms with Gasteiger partial charge >= 0.3 is 29.8 Å². The van der Waals surface area contributed by atoms with Crippen LogP contribution in [-0.4, -0.2) is 169 Å². The van der Waals surface area contributed by atoms with Crippen LogP contribution in [0.25, 0.3) is 140 Å². The molecule has 33 nitrogen and oxygen atoms in total. The van der Waals surface area contributed by atoms with Crippen LogP contribution < -0.4 is 0 Å². The van der Waals surface area contributed by atoms with Crippen LogP contribution in [0.15, 0.2) is 281 Å². The molecular weight excluding hydrogens is 2190 g/mol. The highest BCUT2D eigenvalue weighted by atomic mass is 79.9. The van der Waals surface area contributed by atoms with E-state index in [1.807, 2.05) is 231 Å². The van der Waals surface area contributed by atoms with Crippen LogP contribution >= 0.6 is 117 Å². The van der Waals surface area contributed by atoms with Crippen LogP contribution in [0.2, 0.25) is 15.1 Å². The Balaban J connectivity index is 0.000000131. The molecule has 10 aromatic heterocycles. The third-order valence-electron chi connectivity index (χ3n) is 21.6. The fourth-order valence-electron chi connectivity index (χ4n) is 14.6. The number of esters is 5. The normalized spacial score (nSPS) is 10.9. The van der Waals surface area contributed by atoms with Gasteiger partial charge in [-0.2, -0.15) is 25.5 Å². The van der Waals surface area contributed by atoms with Gasteiger partial charge in [-0.25, -0.2) is 47.4 Å².